The number of carbonyl (C=O) groups is 1. The van der Waals surface area contributed by atoms with Gasteiger partial charge in [-0.05, 0) is 35.7 Å². The van der Waals surface area contributed by atoms with Gasteiger partial charge in [0.1, 0.15) is 0 Å². The maximum atomic E-state index is 12.1. The molecule has 0 aliphatic rings. The summed E-state index contributed by atoms with van der Waals surface area (Å²) in [5, 5.41) is 3.34. The van der Waals surface area contributed by atoms with Crippen LogP contribution in [0.2, 0.25) is 5.02 Å². The number of carbonyl (C=O) groups excluding carboxylic acids is 1. The summed E-state index contributed by atoms with van der Waals surface area (Å²) in [6.07, 6.45) is 0. The van der Waals surface area contributed by atoms with Crippen LogP contribution in [-0.2, 0) is 0 Å². The predicted octanol–water partition coefficient (Wildman–Crippen LogP) is 4.72. The van der Waals surface area contributed by atoms with Gasteiger partial charge in [0.25, 0.3) is 5.91 Å². The fraction of sp³-hybridized carbons (Fsp3) is 0.188. The van der Waals surface area contributed by atoms with Crippen molar-refractivity contribution in [1.82, 2.24) is 0 Å². The van der Waals surface area contributed by atoms with Crippen LogP contribution in [0.5, 0.6) is 0 Å². The summed E-state index contributed by atoms with van der Waals surface area (Å²) in [6, 6.07) is 14.8. The molecule has 0 radical (unpaired) electrons. The summed E-state index contributed by atoms with van der Waals surface area (Å²) < 4.78 is 0. The molecule has 0 spiro atoms. The highest BCUT2D eigenvalue weighted by Gasteiger charge is 2.08. The Morgan fingerprint density at radius 2 is 1.68 bits per heavy atom. The molecule has 1 amide bonds. The molecule has 0 aliphatic carbocycles. The van der Waals surface area contributed by atoms with Crippen molar-refractivity contribution in [3.05, 3.63) is 64.7 Å². The second-order valence-corrected chi connectivity index (χ2v) is 5.12. The molecule has 3 heteroatoms. The van der Waals surface area contributed by atoms with E-state index in [1.807, 2.05) is 36.4 Å². The second-order valence-electron chi connectivity index (χ2n) is 4.71. The van der Waals surface area contributed by atoms with Crippen LogP contribution in [0, 0.1) is 0 Å². The Hall–Kier alpha value is -1.80. The van der Waals surface area contributed by atoms with Crippen LogP contribution in [0.4, 0.5) is 5.69 Å². The lowest BCUT2D eigenvalue weighted by molar-refractivity contribution is 0.102. The van der Waals surface area contributed by atoms with E-state index in [1.54, 1.807) is 12.1 Å². The van der Waals surface area contributed by atoms with Crippen molar-refractivity contribution in [2.24, 2.45) is 0 Å². The third-order valence-corrected chi connectivity index (χ3v) is 3.29. The standard InChI is InChI=1S/C16H16ClNO/c1-11(2)12-7-9-13(10-8-12)16(19)18-15-6-4-3-5-14(15)17/h3-11H,1-2H3,(H,18,19). The molecule has 0 bridgehead atoms. The first-order chi connectivity index (χ1) is 9.08. The van der Waals surface area contributed by atoms with Crippen LogP contribution in [0.15, 0.2) is 48.5 Å². The Balaban J connectivity index is 2.14. The average molecular weight is 274 g/mol. The van der Waals surface area contributed by atoms with Gasteiger partial charge in [0.15, 0.2) is 0 Å². The SMILES string of the molecule is CC(C)c1ccc(C(=O)Nc2ccccc2Cl)cc1. The number of para-hydroxylation sites is 1. The van der Waals surface area contributed by atoms with Gasteiger partial charge < -0.3 is 5.32 Å². The highest BCUT2D eigenvalue weighted by molar-refractivity contribution is 6.33. The number of rotatable bonds is 3. The first-order valence-electron chi connectivity index (χ1n) is 6.24. The molecule has 0 heterocycles. The predicted molar refractivity (Wildman–Crippen MR) is 79.9 cm³/mol. The summed E-state index contributed by atoms with van der Waals surface area (Å²) in [4.78, 5) is 12.1. The van der Waals surface area contributed by atoms with Gasteiger partial charge in [0.2, 0.25) is 0 Å². The third-order valence-electron chi connectivity index (χ3n) is 2.96. The molecule has 2 aromatic rings. The molecule has 0 saturated carbocycles. The summed E-state index contributed by atoms with van der Waals surface area (Å²) in [5.41, 5.74) is 2.47. The molecule has 2 aromatic carbocycles. The summed E-state index contributed by atoms with van der Waals surface area (Å²) in [7, 11) is 0. The monoisotopic (exact) mass is 273 g/mol. The topological polar surface area (TPSA) is 29.1 Å². The van der Waals surface area contributed by atoms with Crippen LogP contribution in [-0.4, -0.2) is 5.91 Å². The van der Waals surface area contributed by atoms with Crippen molar-refractivity contribution < 1.29 is 4.79 Å². The first-order valence-corrected chi connectivity index (χ1v) is 6.61. The van der Waals surface area contributed by atoms with Crippen molar-refractivity contribution in [3.63, 3.8) is 0 Å². The number of nitrogens with one attached hydrogen (secondary N) is 1. The minimum atomic E-state index is -0.150. The molecule has 0 aliphatic heterocycles. The van der Waals surface area contributed by atoms with Gasteiger partial charge in [0, 0.05) is 5.56 Å². The summed E-state index contributed by atoms with van der Waals surface area (Å²) in [5.74, 6) is 0.309. The second kappa shape index (κ2) is 5.89. The zero-order chi connectivity index (χ0) is 13.8. The maximum absolute atomic E-state index is 12.1. The molecule has 0 saturated heterocycles. The minimum absolute atomic E-state index is 0.150. The Kier molecular flexibility index (Phi) is 4.23. The van der Waals surface area contributed by atoms with Gasteiger partial charge in [-0.25, -0.2) is 0 Å². The maximum Gasteiger partial charge on any atom is 0.255 e. The molecule has 2 rings (SSSR count). The highest BCUT2D eigenvalue weighted by Crippen LogP contribution is 2.21. The van der Waals surface area contributed by atoms with E-state index in [9.17, 15) is 4.79 Å². The van der Waals surface area contributed by atoms with E-state index in [-0.39, 0.29) is 5.91 Å². The lowest BCUT2D eigenvalue weighted by atomic mass is 10.0. The number of hydrogen-bond acceptors (Lipinski definition) is 1. The van der Waals surface area contributed by atoms with Crippen LogP contribution in [0.1, 0.15) is 35.7 Å². The minimum Gasteiger partial charge on any atom is -0.321 e. The fourth-order valence-electron chi connectivity index (χ4n) is 1.78. The number of halogens is 1. The van der Waals surface area contributed by atoms with Crippen molar-refractivity contribution >= 4 is 23.2 Å². The first kappa shape index (κ1) is 13.6. The summed E-state index contributed by atoms with van der Waals surface area (Å²) in [6.45, 7) is 4.25. The Bertz CT molecular complexity index is 576. The molecule has 19 heavy (non-hydrogen) atoms. The average Bonchev–Trinajstić information content (AvgIpc) is 2.41. The van der Waals surface area contributed by atoms with Gasteiger partial charge in [0.05, 0.1) is 10.7 Å². The molecule has 2 nitrogen and oxygen atoms in total. The fourth-order valence-corrected chi connectivity index (χ4v) is 1.96. The van der Waals surface area contributed by atoms with E-state index in [4.69, 9.17) is 11.6 Å². The third kappa shape index (κ3) is 3.36. The Morgan fingerprint density at radius 1 is 1.05 bits per heavy atom. The molecule has 98 valence electrons. The Morgan fingerprint density at radius 3 is 2.26 bits per heavy atom. The van der Waals surface area contributed by atoms with Gasteiger partial charge in [-0.2, -0.15) is 0 Å². The number of anilines is 1. The van der Waals surface area contributed by atoms with Gasteiger partial charge >= 0.3 is 0 Å². The van der Waals surface area contributed by atoms with Gasteiger partial charge in [-0.3, -0.25) is 4.79 Å². The van der Waals surface area contributed by atoms with Crippen molar-refractivity contribution in [1.29, 1.82) is 0 Å². The molecule has 1 N–H and O–H groups in total. The zero-order valence-electron chi connectivity index (χ0n) is 11.0. The highest BCUT2D eigenvalue weighted by atomic mass is 35.5. The lowest BCUT2D eigenvalue weighted by Gasteiger charge is -2.09. The van der Waals surface area contributed by atoms with Crippen molar-refractivity contribution in [2.75, 3.05) is 5.32 Å². The van der Waals surface area contributed by atoms with Crippen molar-refractivity contribution in [2.45, 2.75) is 19.8 Å². The zero-order valence-corrected chi connectivity index (χ0v) is 11.7. The Labute approximate surface area is 118 Å². The number of amides is 1. The molecule has 0 aromatic heterocycles. The molecular weight excluding hydrogens is 258 g/mol. The van der Waals surface area contributed by atoms with E-state index in [1.165, 1.54) is 5.56 Å². The quantitative estimate of drug-likeness (QED) is 0.862. The number of benzene rings is 2. The molecule has 0 unspecified atom stereocenters. The number of hydrogen-bond donors (Lipinski definition) is 1. The largest absolute Gasteiger partial charge is 0.321 e. The van der Waals surface area contributed by atoms with Crippen LogP contribution < -0.4 is 5.32 Å². The molecule has 0 atom stereocenters. The lowest BCUT2D eigenvalue weighted by Crippen LogP contribution is -2.12. The van der Waals surface area contributed by atoms with Crippen LogP contribution >= 0.6 is 11.6 Å². The van der Waals surface area contributed by atoms with E-state index in [2.05, 4.69) is 19.2 Å². The van der Waals surface area contributed by atoms with E-state index in [0.29, 0.717) is 22.2 Å². The van der Waals surface area contributed by atoms with Crippen molar-refractivity contribution in [3.8, 4) is 0 Å². The molecular formula is C16H16ClNO. The van der Waals surface area contributed by atoms with Crippen LogP contribution in [0.25, 0.3) is 0 Å². The van der Waals surface area contributed by atoms with E-state index in [0.717, 1.165) is 0 Å². The van der Waals surface area contributed by atoms with Gasteiger partial charge in [-0.1, -0.05) is 49.7 Å². The van der Waals surface area contributed by atoms with E-state index >= 15 is 0 Å². The summed E-state index contributed by atoms with van der Waals surface area (Å²) >= 11 is 6.01. The normalized spacial score (nSPS) is 10.5. The molecule has 0 fully saturated rings. The van der Waals surface area contributed by atoms with Crippen LogP contribution in [0.3, 0.4) is 0 Å². The van der Waals surface area contributed by atoms with E-state index < -0.39 is 0 Å². The van der Waals surface area contributed by atoms with Gasteiger partial charge in [-0.15, -0.1) is 0 Å². The smallest absolute Gasteiger partial charge is 0.255 e.